The molecule has 1 fully saturated rings. The van der Waals surface area contributed by atoms with Crippen molar-refractivity contribution >= 4 is 17.9 Å². The van der Waals surface area contributed by atoms with E-state index in [1.54, 1.807) is 11.8 Å². The molecule has 1 saturated heterocycles. The fourth-order valence-corrected chi connectivity index (χ4v) is 2.01. The molecule has 0 bridgehead atoms. The lowest BCUT2D eigenvalue weighted by Gasteiger charge is -2.36. The molecule has 3 N–H and O–H groups in total. The summed E-state index contributed by atoms with van der Waals surface area (Å²) in [6, 6.07) is -0.316. The predicted octanol–water partition coefficient (Wildman–Crippen LogP) is 0.409. The van der Waals surface area contributed by atoms with Crippen molar-refractivity contribution in [3.63, 3.8) is 0 Å². The molecule has 0 saturated carbocycles. The second-order valence-electron chi connectivity index (χ2n) is 5.36. The SMILES string of the molecule is CCCNC(=O)CNC(=O)N1CCC(C)(C(=O)O)CC1. The van der Waals surface area contributed by atoms with E-state index in [9.17, 15) is 14.4 Å². The van der Waals surface area contributed by atoms with Gasteiger partial charge in [0.1, 0.15) is 0 Å². The standard InChI is InChI=1S/C13H23N3O4/c1-3-6-14-10(17)9-15-12(20)16-7-4-13(2,5-8-16)11(18)19/h3-9H2,1-2H3,(H,14,17)(H,15,20)(H,18,19). The van der Waals surface area contributed by atoms with Gasteiger partial charge in [0.05, 0.1) is 12.0 Å². The molecule has 1 aliphatic rings. The first-order valence-electron chi connectivity index (χ1n) is 6.92. The van der Waals surface area contributed by atoms with Crippen LogP contribution >= 0.6 is 0 Å². The molecule has 1 heterocycles. The number of urea groups is 1. The van der Waals surface area contributed by atoms with Crippen LogP contribution in [0.4, 0.5) is 4.79 Å². The molecule has 0 aromatic carbocycles. The Hall–Kier alpha value is -1.79. The maximum absolute atomic E-state index is 11.8. The van der Waals surface area contributed by atoms with E-state index in [0.29, 0.717) is 32.5 Å². The third-order valence-corrected chi connectivity index (χ3v) is 3.64. The van der Waals surface area contributed by atoms with Gasteiger partial charge in [-0.2, -0.15) is 0 Å². The van der Waals surface area contributed by atoms with Crippen molar-refractivity contribution in [1.29, 1.82) is 0 Å². The van der Waals surface area contributed by atoms with Crippen molar-refractivity contribution in [3.05, 3.63) is 0 Å². The quantitative estimate of drug-likeness (QED) is 0.681. The Balaban J connectivity index is 2.33. The number of hydrogen-bond acceptors (Lipinski definition) is 3. The fourth-order valence-electron chi connectivity index (χ4n) is 2.01. The van der Waals surface area contributed by atoms with Crippen molar-refractivity contribution in [2.75, 3.05) is 26.2 Å². The number of carboxylic acid groups (broad SMARTS) is 1. The fraction of sp³-hybridized carbons (Fsp3) is 0.769. The van der Waals surface area contributed by atoms with Crippen LogP contribution in [0.3, 0.4) is 0 Å². The van der Waals surface area contributed by atoms with E-state index >= 15 is 0 Å². The van der Waals surface area contributed by atoms with Gasteiger partial charge in [-0.1, -0.05) is 6.92 Å². The Labute approximate surface area is 118 Å². The zero-order valence-electron chi connectivity index (χ0n) is 12.1. The average Bonchev–Trinajstić information content (AvgIpc) is 2.43. The van der Waals surface area contributed by atoms with Crippen molar-refractivity contribution in [2.45, 2.75) is 33.1 Å². The highest BCUT2D eigenvalue weighted by Gasteiger charge is 2.37. The lowest BCUT2D eigenvalue weighted by atomic mass is 9.80. The van der Waals surface area contributed by atoms with Gasteiger partial charge in [0.25, 0.3) is 0 Å². The maximum Gasteiger partial charge on any atom is 0.317 e. The van der Waals surface area contributed by atoms with Gasteiger partial charge in [-0.05, 0) is 26.2 Å². The van der Waals surface area contributed by atoms with Crippen molar-refractivity contribution in [2.24, 2.45) is 5.41 Å². The van der Waals surface area contributed by atoms with Crippen molar-refractivity contribution in [1.82, 2.24) is 15.5 Å². The highest BCUT2D eigenvalue weighted by Crippen LogP contribution is 2.30. The van der Waals surface area contributed by atoms with Crippen LogP contribution in [0.5, 0.6) is 0 Å². The van der Waals surface area contributed by atoms with Crippen LogP contribution in [-0.2, 0) is 9.59 Å². The topological polar surface area (TPSA) is 98.7 Å². The molecule has 7 nitrogen and oxygen atoms in total. The number of carbonyl (C=O) groups excluding carboxylic acids is 2. The van der Waals surface area contributed by atoms with Gasteiger partial charge in [-0.3, -0.25) is 9.59 Å². The van der Waals surface area contributed by atoms with E-state index in [1.807, 2.05) is 6.92 Å². The number of amides is 3. The Bertz CT molecular complexity index is 376. The summed E-state index contributed by atoms with van der Waals surface area (Å²) >= 11 is 0. The highest BCUT2D eigenvalue weighted by molar-refractivity contribution is 5.84. The first-order chi connectivity index (χ1) is 9.39. The number of nitrogens with one attached hydrogen (secondary N) is 2. The molecule has 1 aliphatic heterocycles. The maximum atomic E-state index is 11.8. The minimum absolute atomic E-state index is 0.0501. The summed E-state index contributed by atoms with van der Waals surface area (Å²) in [6.07, 6.45) is 1.70. The molecule has 3 amide bonds. The first kappa shape index (κ1) is 16.3. The van der Waals surface area contributed by atoms with E-state index in [4.69, 9.17) is 5.11 Å². The third kappa shape index (κ3) is 4.40. The number of hydrogen-bond donors (Lipinski definition) is 3. The molecule has 0 radical (unpaired) electrons. The third-order valence-electron chi connectivity index (χ3n) is 3.64. The Morgan fingerprint density at radius 2 is 1.80 bits per heavy atom. The molecule has 1 rings (SSSR count). The number of likely N-dealkylation sites (tertiary alicyclic amines) is 1. The second-order valence-corrected chi connectivity index (χ2v) is 5.36. The summed E-state index contributed by atoms with van der Waals surface area (Å²) < 4.78 is 0. The number of nitrogens with zero attached hydrogens (tertiary/aromatic N) is 1. The van der Waals surface area contributed by atoms with Crippen LogP contribution in [0.1, 0.15) is 33.1 Å². The second kappa shape index (κ2) is 7.12. The van der Waals surface area contributed by atoms with E-state index in [-0.39, 0.29) is 18.5 Å². The van der Waals surface area contributed by atoms with E-state index < -0.39 is 11.4 Å². The summed E-state index contributed by atoms with van der Waals surface area (Å²) in [4.78, 5) is 35.9. The summed E-state index contributed by atoms with van der Waals surface area (Å²) in [5.74, 6) is -1.04. The van der Waals surface area contributed by atoms with Crippen LogP contribution in [0.15, 0.2) is 0 Å². The van der Waals surface area contributed by atoms with Crippen LogP contribution in [-0.4, -0.2) is 54.1 Å². The Morgan fingerprint density at radius 3 is 2.30 bits per heavy atom. The van der Waals surface area contributed by atoms with Gasteiger partial charge in [0.15, 0.2) is 0 Å². The monoisotopic (exact) mass is 285 g/mol. The molecule has 20 heavy (non-hydrogen) atoms. The van der Waals surface area contributed by atoms with Gasteiger partial charge in [-0.25, -0.2) is 4.79 Å². The highest BCUT2D eigenvalue weighted by atomic mass is 16.4. The molecule has 114 valence electrons. The lowest BCUT2D eigenvalue weighted by Crippen LogP contribution is -2.50. The summed E-state index contributed by atoms with van der Waals surface area (Å²) in [5.41, 5.74) is -0.755. The van der Waals surface area contributed by atoms with Gasteiger partial charge in [0.2, 0.25) is 5.91 Å². The van der Waals surface area contributed by atoms with E-state index in [0.717, 1.165) is 6.42 Å². The molecule has 0 aromatic heterocycles. The van der Waals surface area contributed by atoms with Crippen molar-refractivity contribution in [3.8, 4) is 0 Å². The molecule has 7 heteroatoms. The Kier molecular flexibility index (Phi) is 5.79. The largest absolute Gasteiger partial charge is 0.481 e. The molecule has 0 unspecified atom stereocenters. The van der Waals surface area contributed by atoms with Crippen LogP contribution in [0.2, 0.25) is 0 Å². The number of carboxylic acids is 1. The molecular weight excluding hydrogens is 262 g/mol. The Morgan fingerprint density at radius 1 is 1.20 bits per heavy atom. The van der Waals surface area contributed by atoms with Crippen LogP contribution in [0, 0.1) is 5.41 Å². The number of aliphatic carboxylic acids is 1. The van der Waals surface area contributed by atoms with Gasteiger partial charge >= 0.3 is 12.0 Å². The zero-order chi connectivity index (χ0) is 15.2. The van der Waals surface area contributed by atoms with E-state index in [2.05, 4.69) is 10.6 Å². The smallest absolute Gasteiger partial charge is 0.317 e. The summed E-state index contributed by atoms with van der Waals surface area (Å²) in [5, 5.41) is 14.3. The number of piperidine rings is 1. The average molecular weight is 285 g/mol. The molecule has 0 aliphatic carbocycles. The van der Waals surface area contributed by atoms with Gasteiger partial charge in [0, 0.05) is 19.6 Å². The minimum Gasteiger partial charge on any atom is -0.481 e. The zero-order valence-corrected chi connectivity index (χ0v) is 12.1. The minimum atomic E-state index is -0.823. The summed E-state index contributed by atoms with van der Waals surface area (Å²) in [7, 11) is 0. The van der Waals surface area contributed by atoms with Gasteiger partial charge < -0.3 is 20.6 Å². The van der Waals surface area contributed by atoms with Crippen molar-refractivity contribution < 1.29 is 19.5 Å². The molecule has 0 aromatic rings. The molecule has 0 atom stereocenters. The van der Waals surface area contributed by atoms with Crippen LogP contribution < -0.4 is 10.6 Å². The normalized spacial score (nSPS) is 17.4. The molecule has 0 spiro atoms. The van der Waals surface area contributed by atoms with Crippen LogP contribution in [0.25, 0.3) is 0 Å². The van der Waals surface area contributed by atoms with E-state index in [1.165, 1.54) is 0 Å². The van der Waals surface area contributed by atoms with Gasteiger partial charge in [-0.15, -0.1) is 0 Å². The predicted molar refractivity (Wildman–Crippen MR) is 73.2 cm³/mol. The lowest BCUT2D eigenvalue weighted by molar-refractivity contribution is -0.150. The number of rotatable bonds is 5. The molecular formula is C13H23N3O4. The summed E-state index contributed by atoms with van der Waals surface area (Å²) in [6.45, 7) is 4.98. The first-order valence-corrected chi connectivity index (χ1v) is 6.92. The number of carbonyl (C=O) groups is 3.